The topological polar surface area (TPSA) is 0 Å². The average Bonchev–Trinajstić information content (AvgIpc) is 2.31. The summed E-state index contributed by atoms with van der Waals surface area (Å²) in [5, 5.41) is 1.01. The molecule has 0 N–H and O–H groups in total. The van der Waals surface area contributed by atoms with Gasteiger partial charge in [0.1, 0.15) is 11.0 Å². The van der Waals surface area contributed by atoms with Crippen LogP contribution in [0.2, 0.25) is 0 Å². The van der Waals surface area contributed by atoms with E-state index in [4.69, 9.17) is 0 Å². The van der Waals surface area contributed by atoms with Crippen molar-refractivity contribution >= 4 is 10.9 Å². The van der Waals surface area contributed by atoms with Crippen LogP contribution in [-0.4, -0.2) is 11.0 Å². The maximum absolute atomic E-state index is 2.36. The Balaban J connectivity index is 1.82. The van der Waals surface area contributed by atoms with Crippen LogP contribution < -0.4 is 0 Å². The zero-order valence-electron chi connectivity index (χ0n) is 9.90. The van der Waals surface area contributed by atoms with Crippen molar-refractivity contribution in [2.45, 2.75) is 48.7 Å². The summed E-state index contributed by atoms with van der Waals surface area (Å²) in [5.41, 5.74) is 0. The first kappa shape index (κ1) is 10.7. The monoisotopic (exact) mass is 233 g/mol. The summed E-state index contributed by atoms with van der Waals surface area (Å²) < 4.78 is 0. The fourth-order valence-corrected chi connectivity index (χ4v) is 6.08. The number of benzene rings is 1. The molecule has 2 aliphatic heterocycles. The van der Waals surface area contributed by atoms with Gasteiger partial charge in [0.15, 0.2) is 4.90 Å². The molecule has 1 aliphatic carbocycles. The Morgan fingerprint density at radius 3 is 2.38 bits per heavy atom. The molecule has 1 heteroatoms. The molecule has 16 heavy (non-hydrogen) atoms. The maximum Gasteiger partial charge on any atom is 0.155 e. The molecule has 1 saturated carbocycles. The number of hydrogen-bond acceptors (Lipinski definition) is 0. The number of rotatable bonds is 1. The molecule has 3 fully saturated rings. The zero-order chi connectivity index (χ0) is 10.8. The molecule has 0 nitrogen and oxygen atoms in total. The first-order valence-electron chi connectivity index (χ1n) is 6.68. The molecule has 2 bridgehead atoms. The third-order valence-electron chi connectivity index (χ3n) is 4.22. The molecule has 0 amide bonds. The highest BCUT2D eigenvalue weighted by atomic mass is 32.2. The van der Waals surface area contributed by atoms with E-state index in [0.717, 1.165) is 11.2 Å². The van der Waals surface area contributed by atoms with Crippen molar-refractivity contribution in [3.63, 3.8) is 0 Å². The highest BCUT2D eigenvalue weighted by Crippen LogP contribution is 2.38. The van der Waals surface area contributed by atoms with Crippen LogP contribution in [0.1, 0.15) is 38.5 Å². The molecule has 2 heterocycles. The minimum Gasteiger partial charge on any atom is -0.0619 e. The van der Waals surface area contributed by atoms with Crippen LogP contribution in [0.4, 0.5) is 0 Å². The summed E-state index contributed by atoms with van der Waals surface area (Å²) in [7, 11) is 0.564. The van der Waals surface area contributed by atoms with Crippen LogP contribution in [0.25, 0.3) is 0 Å². The second-order valence-corrected chi connectivity index (χ2v) is 7.64. The number of hydrogen-bond donors (Lipinski definition) is 0. The lowest BCUT2D eigenvalue weighted by atomic mass is 9.86. The van der Waals surface area contributed by atoms with Crippen molar-refractivity contribution < 1.29 is 0 Å². The first-order valence-corrected chi connectivity index (χ1v) is 8.14. The molecule has 3 aliphatic rings. The normalized spacial score (nSPS) is 34.4. The van der Waals surface area contributed by atoms with Crippen molar-refractivity contribution in [2.75, 3.05) is 5.75 Å². The Hall–Kier alpha value is -0.430. The Bertz CT molecular complexity index is 322. The zero-order valence-corrected chi connectivity index (χ0v) is 10.7. The summed E-state index contributed by atoms with van der Waals surface area (Å²) in [6, 6.07) is 11.3. The van der Waals surface area contributed by atoms with Gasteiger partial charge < -0.3 is 0 Å². The summed E-state index contributed by atoms with van der Waals surface area (Å²) in [4.78, 5) is 1.63. The molecule has 86 valence electrons. The maximum atomic E-state index is 2.36. The highest BCUT2D eigenvalue weighted by molar-refractivity contribution is 7.97. The molecular formula is C15H21S+. The van der Waals surface area contributed by atoms with Gasteiger partial charge in [-0.15, -0.1) is 0 Å². The quantitative estimate of drug-likeness (QED) is 0.643. The Labute approximate surface area is 102 Å². The lowest BCUT2D eigenvalue weighted by Crippen LogP contribution is -2.32. The van der Waals surface area contributed by atoms with Crippen LogP contribution in [0, 0.1) is 5.92 Å². The fraction of sp³-hybridized carbons (Fsp3) is 0.600. The van der Waals surface area contributed by atoms with E-state index in [1.54, 1.807) is 4.90 Å². The van der Waals surface area contributed by atoms with Gasteiger partial charge in [0.25, 0.3) is 0 Å². The van der Waals surface area contributed by atoms with Crippen LogP contribution in [0.5, 0.6) is 0 Å². The second-order valence-electron chi connectivity index (χ2n) is 5.23. The predicted octanol–water partition coefficient (Wildman–Crippen LogP) is 4.02. The Kier molecular flexibility index (Phi) is 3.23. The van der Waals surface area contributed by atoms with Gasteiger partial charge in [0.2, 0.25) is 0 Å². The fourth-order valence-electron chi connectivity index (χ4n) is 3.30. The van der Waals surface area contributed by atoms with Gasteiger partial charge in [-0.1, -0.05) is 18.2 Å². The molecule has 1 atom stereocenters. The highest BCUT2D eigenvalue weighted by Gasteiger charge is 2.38. The SMILES string of the molecule is c1ccc([S+]2CCCC3CCC2CC3)cc1. The number of fused-ring (bicyclic) bond motifs is 5. The smallest absolute Gasteiger partial charge is 0.0619 e. The van der Waals surface area contributed by atoms with Gasteiger partial charge in [-0.2, -0.15) is 0 Å². The van der Waals surface area contributed by atoms with Crippen molar-refractivity contribution in [1.82, 2.24) is 0 Å². The largest absolute Gasteiger partial charge is 0.155 e. The first-order chi connectivity index (χ1) is 7.93. The molecule has 0 radical (unpaired) electrons. The minimum atomic E-state index is 0.564. The minimum absolute atomic E-state index is 0.564. The summed E-state index contributed by atoms with van der Waals surface area (Å²) in [5.74, 6) is 2.54. The van der Waals surface area contributed by atoms with Crippen molar-refractivity contribution in [1.29, 1.82) is 0 Å². The van der Waals surface area contributed by atoms with Gasteiger partial charge in [0.05, 0.1) is 0 Å². The van der Waals surface area contributed by atoms with Crippen LogP contribution >= 0.6 is 0 Å². The summed E-state index contributed by atoms with van der Waals surface area (Å²) in [6.07, 6.45) is 9.01. The molecule has 4 rings (SSSR count). The van der Waals surface area contributed by atoms with Gasteiger partial charge in [-0.05, 0) is 56.6 Å². The molecular weight excluding hydrogens is 212 g/mol. The van der Waals surface area contributed by atoms with Gasteiger partial charge in [-0.25, -0.2) is 0 Å². The lowest BCUT2D eigenvalue weighted by Gasteiger charge is -2.31. The van der Waals surface area contributed by atoms with Crippen LogP contribution in [0.3, 0.4) is 0 Å². The molecule has 1 unspecified atom stereocenters. The van der Waals surface area contributed by atoms with E-state index in [-0.39, 0.29) is 0 Å². The van der Waals surface area contributed by atoms with Gasteiger partial charge in [0, 0.05) is 10.9 Å². The van der Waals surface area contributed by atoms with Crippen molar-refractivity contribution in [2.24, 2.45) is 5.92 Å². The third-order valence-corrected chi connectivity index (χ3v) is 7.10. The molecule has 2 saturated heterocycles. The van der Waals surface area contributed by atoms with E-state index in [0.29, 0.717) is 10.9 Å². The summed E-state index contributed by atoms with van der Waals surface area (Å²) in [6.45, 7) is 0. The third kappa shape index (κ3) is 2.15. The van der Waals surface area contributed by atoms with Crippen molar-refractivity contribution in [3.8, 4) is 0 Å². The van der Waals surface area contributed by atoms with Gasteiger partial charge in [-0.3, -0.25) is 0 Å². The van der Waals surface area contributed by atoms with E-state index >= 15 is 0 Å². The van der Waals surface area contributed by atoms with E-state index in [2.05, 4.69) is 30.3 Å². The Morgan fingerprint density at radius 1 is 0.875 bits per heavy atom. The van der Waals surface area contributed by atoms with Crippen molar-refractivity contribution in [3.05, 3.63) is 30.3 Å². The second kappa shape index (κ2) is 4.83. The predicted molar refractivity (Wildman–Crippen MR) is 71.9 cm³/mol. The molecule has 1 aromatic carbocycles. The van der Waals surface area contributed by atoms with E-state index in [1.165, 1.54) is 44.3 Å². The van der Waals surface area contributed by atoms with Crippen LogP contribution in [0.15, 0.2) is 35.2 Å². The standard InChI is InChI=1S/C15H21S/c1-2-6-14(7-3-1)16-12-4-5-13-8-10-15(16)11-9-13/h1-3,6-7,13,15H,4-5,8-12H2/q+1. The van der Waals surface area contributed by atoms with E-state index in [1.807, 2.05) is 0 Å². The van der Waals surface area contributed by atoms with E-state index in [9.17, 15) is 0 Å². The molecule has 0 aromatic heterocycles. The van der Waals surface area contributed by atoms with E-state index < -0.39 is 0 Å². The lowest BCUT2D eigenvalue weighted by molar-refractivity contribution is 0.335. The Morgan fingerprint density at radius 2 is 1.62 bits per heavy atom. The average molecular weight is 233 g/mol. The molecule has 0 spiro atoms. The summed E-state index contributed by atoms with van der Waals surface area (Å²) >= 11 is 0. The van der Waals surface area contributed by atoms with Crippen LogP contribution in [-0.2, 0) is 10.9 Å². The van der Waals surface area contributed by atoms with Gasteiger partial charge >= 0.3 is 0 Å². The molecule has 1 aromatic rings.